The molecule has 1 atom stereocenters. The molecular formula is C18H15ClN2O2. The summed E-state index contributed by atoms with van der Waals surface area (Å²) in [4.78, 5) is 14.4. The lowest BCUT2D eigenvalue weighted by Crippen LogP contribution is -2.15. The van der Waals surface area contributed by atoms with E-state index < -0.39 is 5.97 Å². The van der Waals surface area contributed by atoms with Gasteiger partial charge in [0.2, 0.25) is 0 Å². The minimum absolute atomic E-state index is 0.0281. The Kier molecular flexibility index (Phi) is 3.18. The van der Waals surface area contributed by atoms with Gasteiger partial charge in [-0.1, -0.05) is 29.8 Å². The van der Waals surface area contributed by atoms with E-state index in [2.05, 4.69) is 4.98 Å². The summed E-state index contributed by atoms with van der Waals surface area (Å²) in [5, 5.41) is 10.8. The van der Waals surface area contributed by atoms with E-state index in [1.165, 1.54) is 5.56 Å². The third-order valence-electron chi connectivity index (χ3n) is 4.57. The van der Waals surface area contributed by atoms with Crippen molar-refractivity contribution in [3.63, 3.8) is 0 Å². The lowest BCUT2D eigenvalue weighted by Gasteiger charge is -2.20. The van der Waals surface area contributed by atoms with Crippen molar-refractivity contribution in [2.75, 3.05) is 0 Å². The van der Waals surface area contributed by atoms with Crippen LogP contribution in [-0.4, -0.2) is 16.1 Å². The predicted molar refractivity (Wildman–Crippen MR) is 91.0 cm³/mol. The summed E-state index contributed by atoms with van der Waals surface area (Å²) in [6.45, 7) is 0. The average Bonchev–Trinajstić information content (AvgIpc) is 2.94. The number of carboxylic acid groups (broad SMARTS) is 1. The van der Waals surface area contributed by atoms with Crippen molar-refractivity contribution in [1.29, 1.82) is 0 Å². The maximum absolute atomic E-state index is 11.0. The number of H-pyrrole nitrogens is 1. The molecule has 0 fully saturated rings. The minimum Gasteiger partial charge on any atom is -0.478 e. The quantitative estimate of drug-likeness (QED) is 0.662. The van der Waals surface area contributed by atoms with Gasteiger partial charge in [0.25, 0.3) is 0 Å². The van der Waals surface area contributed by atoms with Crippen LogP contribution < -0.4 is 5.73 Å². The molecule has 0 saturated heterocycles. The van der Waals surface area contributed by atoms with Gasteiger partial charge in [0, 0.05) is 17.1 Å². The Morgan fingerprint density at radius 2 is 1.96 bits per heavy atom. The molecule has 5 heteroatoms. The maximum atomic E-state index is 11.0. The molecule has 0 spiro atoms. The zero-order valence-corrected chi connectivity index (χ0v) is 13.0. The van der Waals surface area contributed by atoms with Crippen molar-refractivity contribution in [1.82, 2.24) is 4.98 Å². The molecule has 0 amide bonds. The first-order chi connectivity index (χ1) is 11.1. The second-order valence-corrected chi connectivity index (χ2v) is 6.30. The molecule has 4 rings (SSSR count). The number of aryl methyl sites for hydroxylation is 1. The summed E-state index contributed by atoms with van der Waals surface area (Å²) < 4.78 is 0. The van der Waals surface area contributed by atoms with Crippen molar-refractivity contribution in [2.45, 2.75) is 18.9 Å². The molecule has 0 aliphatic heterocycles. The molecular weight excluding hydrogens is 312 g/mol. The molecule has 116 valence electrons. The van der Waals surface area contributed by atoms with Gasteiger partial charge >= 0.3 is 5.97 Å². The number of carboxylic acids is 1. The maximum Gasteiger partial charge on any atom is 0.335 e. The van der Waals surface area contributed by atoms with Crippen LogP contribution in [0.3, 0.4) is 0 Å². The first kappa shape index (κ1) is 14.3. The van der Waals surface area contributed by atoms with E-state index in [4.69, 9.17) is 22.4 Å². The molecule has 1 unspecified atom stereocenters. The third-order valence-corrected chi connectivity index (χ3v) is 4.88. The number of carbonyl (C=O) groups is 1. The lowest BCUT2D eigenvalue weighted by molar-refractivity contribution is 0.0697. The molecule has 4 nitrogen and oxygen atoms in total. The van der Waals surface area contributed by atoms with Gasteiger partial charge in [-0.15, -0.1) is 0 Å². The number of aromatic nitrogens is 1. The Hall–Kier alpha value is -2.30. The van der Waals surface area contributed by atoms with Crippen molar-refractivity contribution in [3.8, 4) is 11.3 Å². The van der Waals surface area contributed by atoms with Crippen LogP contribution in [0.4, 0.5) is 0 Å². The molecule has 1 aliphatic rings. The Labute approximate surface area is 137 Å². The highest BCUT2D eigenvalue weighted by Crippen LogP contribution is 2.42. The molecule has 0 bridgehead atoms. The smallest absolute Gasteiger partial charge is 0.335 e. The molecule has 2 aromatic carbocycles. The van der Waals surface area contributed by atoms with Gasteiger partial charge < -0.3 is 15.8 Å². The SMILES string of the molecule is NC1CCc2c(-c3ccc(C(=O)O)cc3)[nH]c3c(Cl)ccc1c23. The van der Waals surface area contributed by atoms with E-state index >= 15 is 0 Å². The number of nitrogens with two attached hydrogens (primary N) is 1. The van der Waals surface area contributed by atoms with Gasteiger partial charge in [-0.25, -0.2) is 4.79 Å². The predicted octanol–water partition coefficient (Wildman–Crippen LogP) is 4.13. The van der Waals surface area contributed by atoms with Crippen molar-refractivity contribution < 1.29 is 9.90 Å². The van der Waals surface area contributed by atoms with Crippen molar-refractivity contribution >= 4 is 28.5 Å². The van der Waals surface area contributed by atoms with E-state index in [0.29, 0.717) is 5.02 Å². The molecule has 23 heavy (non-hydrogen) atoms. The van der Waals surface area contributed by atoms with E-state index in [1.807, 2.05) is 24.3 Å². The second kappa shape index (κ2) is 5.11. The zero-order chi connectivity index (χ0) is 16.1. The fraction of sp³-hybridized carbons (Fsp3) is 0.167. The summed E-state index contributed by atoms with van der Waals surface area (Å²) in [6, 6.07) is 10.8. The standard InChI is InChI=1S/C18H15ClN2O2/c19-13-7-5-11-14(20)8-6-12-15(11)17(13)21-16(12)9-1-3-10(4-2-9)18(22)23/h1-5,7,14,21H,6,8,20H2,(H,22,23). The molecule has 4 N–H and O–H groups in total. The molecule has 0 radical (unpaired) electrons. The van der Waals surface area contributed by atoms with Gasteiger partial charge in [-0.05, 0) is 47.7 Å². The minimum atomic E-state index is -0.925. The zero-order valence-electron chi connectivity index (χ0n) is 12.3. The van der Waals surface area contributed by atoms with Crippen molar-refractivity contribution in [3.05, 3.63) is 58.1 Å². The number of aromatic amines is 1. The highest BCUT2D eigenvalue weighted by atomic mass is 35.5. The van der Waals surface area contributed by atoms with E-state index in [1.54, 1.807) is 12.1 Å². The highest BCUT2D eigenvalue weighted by Gasteiger charge is 2.25. The highest BCUT2D eigenvalue weighted by molar-refractivity contribution is 6.35. The van der Waals surface area contributed by atoms with Crippen LogP contribution in [0.15, 0.2) is 36.4 Å². The van der Waals surface area contributed by atoms with E-state index in [9.17, 15) is 4.79 Å². The molecule has 0 saturated carbocycles. The number of halogens is 1. The van der Waals surface area contributed by atoms with Crippen LogP contribution in [-0.2, 0) is 6.42 Å². The number of hydrogen-bond acceptors (Lipinski definition) is 2. The van der Waals surface area contributed by atoms with Crippen molar-refractivity contribution in [2.24, 2.45) is 5.73 Å². The van der Waals surface area contributed by atoms with Gasteiger partial charge in [-0.2, -0.15) is 0 Å². The Balaban J connectivity index is 1.95. The first-order valence-corrected chi connectivity index (χ1v) is 7.86. The Morgan fingerprint density at radius 3 is 2.65 bits per heavy atom. The number of aromatic carboxylic acids is 1. The van der Waals surface area contributed by atoms with Gasteiger partial charge in [0.1, 0.15) is 0 Å². The van der Waals surface area contributed by atoms with E-state index in [0.717, 1.165) is 40.6 Å². The first-order valence-electron chi connectivity index (χ1n) is 7.48. The average molecular weight is 327 g/mol. The summed E-state index contributed by atoms with van der Waals surface area (Å²) in [5.41, 5.74) is 11.7. The summed E-state index contributed by atoms with van der Waals surface area (Å²) in [5.74, 6) is -0.925. The van der Waals surface area contributed by atoms with Crippen LogP contribution >= 0.6 is 11.6 Å². The summed E-state index contributed by atoms with van der Waals surface area (Å²) in [6.07, 6.45) is 1.77. The largest absolute Gasteiger partial charge is 0.478 e. The number of rotatable bonds is 2. The molecule has 1 aromatic heterocycles. The topological polar surface area (TPSA) is 79.1 Å². The number of benzene rings is 2. The Morgan fingerprint density at radius 1 is 1.22 bits per heavy atom. The Bertz CT molecular complexity index is 928. The third kappa shape index (κ3) is 2.14. The van der Waals surface area contributed by atoms with Crippen LogP contribution in [0.5, 0.6) is 0 Å². The van der Waals surface area contributed by atoms with Gasteiger partial charge in [-0.3, -0.25) is 0 Å². The van der Waals surface area contributed by atoms with Gasteiger partial charge in [0.05, 0.1) is 16.1 Å². The molecule has 3 aromatic rings. The normalized spacial score (nSPS) is 16.7. The van der Waals surface area contributed by atoms with Crippen LogP contribution in [0.25, 0.3) is 22.2 Å². The van der Waals surface area contributed by atoms with E-state index in [-0.39, 0.29) is 11.6 Å². The van der Waals surface area contributed by atoms with Crippen LogP contribution in [0.1, 0.15) is 33.9 Å². The summed E-state index contributed by atoms with van der Waals surface area (Å²) >= 11 is 6.35. The van der Waals surface area contributed by atoms with Crippen LogP contribution in [0.2, 0.25) is 5.02 Å². The fourth-order valence-electron chi connectivity index (χ4n) is 3.41. The number of hydrogen-bond donors (Lipinski definition) is 3. The summed E-state index contributed by atoms with van der Waals surface area (Å²) in [7, 11) is 0. The second-order valence-electron chi connectivity index (χ2n) is 5.89. The molecule has 1 aliphatic carbocycles. The van der Waals surface area contributed by atoms with Crippen LogP contribution in [0, 0.1) is 0 Å². The van der Waals surface area contributed by atoms with Gasteiger partial charge in [0.15, 0.2) is 0 Å². The monoisotopic (exact) mass is 326 g/mol. The molecule has 1 heterocycles. The fourth-order valence-corrected chi connectivity index (χ4v) is 3.61. The lowest BCUT2D eigenvalue weighted by atomic mass is 9.87. The number of nitrogens with one attached hydrogen (secondary N) is 1.